The van der Waals surface area contributed by atoms with Crippen molar-refractivity contribution < 1.29 is 26.8 Å². The van der Waals surface area contributed by atoms with E-state index in [9.17, 15) is 26.8 Å². The lowest BCUT2D eigenvalue weighted by Crippen LogP contribution is -2.51. The summed E-state index contributed by atoms with van der Waals surface area (Å²) in [5.74, 6) is -2.39. The molecule has 0 aliphatic carbocycles. The van der Waals surface area contributed by atoms with Gasteiger partial charge in [0.25, 0.3) is 0 Å². The third-order valence-corrected chi connectivity index (χ3v) is 5.83. The first-order chi connectivity index (χ1) is 14.6. The van der Waals surface area contributed by atoms with Crippen LogP contribution in [0.15, 0.2) is 48.5 Å². The van der Waals surface area contributed by atoms with Crippen molar-refractivity contribution in [3.63, 3.8) is 0 Å². The number of hydrogen-bond acceptors (Lipinski definition) is 4. The number of nitrogens with zero attached hydrogens (tertiary/aromatic N) is 2. The molecule has 0 aliphatic rings. The second-order valence-electron chi connectivity index (χ2n) is 6.91. The van der Waals surface area contributed by atoms with Gasteiger partial charge in [0.1, 0.15) is 24.2 Å². The van der Waals surface area contributed by atoms with Gasteiger partial charge in [-0.05, 0) is 36.2 Å². The van der Waals surface area contributed by atoms with Crippen LogP contribution >= 0.6 is 0 Å². The molecule has 168 valence electrons. The van der Waals surface area contributed by atoms with E-state index in [1.165, 1.54) is 54.4 Å². The van der Waals surface area contributed by atoms with E-state index >= 15 is 0 Å². The fraction of sp³-hybridized carbons (Fsp3) is 0.333. The molecule has 0 heterocycles. The molecule has 1 unspecified atom stereocenters. The Kier molecular flexibility index (Phi) is 8.09. The molecule has 0 aliphatic heterocycles. The molecular formula is C21H25F2N3O4S. The minimum Gasteiger partial charge on any atom is -0.357 e. The number of hydrogen-bond donors (Lipinski definition) is 1. The van der Waals surface area contributed by atoms with Crippen molar-refractivity contribution in [2.45, 2.75) is 25.9 Å². The third kappa shape index (κ3) is 6.24. The normalized spacial score (nSPS) is 12.2. The highest BCUT2D eigenvalue weighted by atomic mass is 32.2. The lowest BCUT2D eigenvalue weighted by atomic mass is 10.1. The van der Waals surface area contributed by atoms with E-state index in [-0.39, 0.29) is 18.7 Å². The van der Waals surface area contributed by atoms with Gasteiger partial charge in [-0.2, -0.15) is 0 Å². The topological polar surface area (TPSA) is 86.8 Å². The zero-order chi connectivity index (χ0) is 23.2. The standard InChI is InChI=1S/C21H25F2N3O4S/c1-4-18(21(28)24-2)25(13-15-9-11-16(22)12-10-15)20(27)14-26(31(3,29)30)19-8-6-5-7-17(19)23/h5-12,18H,4,13-14H2,1-3H3,(H,24,28). The first-order valence-corrected chi connectivity index (χ1v) is 11.4. The van der Waals surface area contributed by atoms with Gasteiger partial charge in [0, 0.05) is 13.6 Å². The largest absolute Gasteiger partial charge is 0.357 e. The molecule has 2 aromatic carbocycles. The highest BCUT2D eigenvalue weighted by Gasteiger charge is 2.32. The van der Waals surface area contributed by atoms with E-state index in [4.69, 9.17) is 0 Å². The Balaban J connectivity index is 2.43. The summed E-state index contributed by atoms with van der Waals surface area (Å²) in [5, 5.41) is 2.49. The lowest BCUT2D eigenvalue weighted by molar-refractivity contribution is -0.140. The predicted octanol–water partition coefficient (Wildman–Crippen LogP) is 2.28. The van der Waals surface area contributed by atoms with Crippen molar-refractivity contribution in [2.24, 2.45) is 0 Å². The second-order valence-corrected chi connectivity index (χ2v) is 8.81. The Labute approximate surface area is 180 Å². The van der Waals surface area contributed by atoms with Crippen LogP contribution in [0.1, 0.15) is 18.9 Å². The van der Waals surface area contributed by atoms with Crippen molar-refractivity contribution >= 4 is 27.5 Å². The van der Waals surface area contributed by atoms with E-state index in [1.807, 2.05) is 0 Å². The van der Waals surface area contributed by atoms with Crippen LogP contribution in [0.2, 0.25) is 0 Å². The van der Waals surface area contributed by atoms with E-state index in [2.05, 4.69) is 5.32 Å². The maximum absolute atomic E-state index is 14.3. The van der Waals surface area contributed by atoms with Crippen LogP contribution in [0.4, 0.5) is 14.5 Å². The van der Waals surface area contributed by atoms with Crippen LogP contribution < -0.4 is 9.62 Å². The van der Waals surface area contributed by atoms with Crippen molar-refractivity contribution in [1.29, 1.82) is 0 Å². The Hall–Kier alpha value is -3.01. The van der Waals surface area contributed by atoms with Gasteiger partial charge in [0.15, 0.2) is 0 Å². The number of anilines is 1. The summed E-state index contributed by atoms with van der Waals surface area (Å²) >= 11 is 0. The highest BCUT2D eigenvalue weighted by molar-refractivity contribution is 7.92. The summed E-state index contributed by atoms with van der Waals surface area (Å²) in [6, 6.07) is 9.69. The molecule has 0 saturated carbocycles. The molecule has 2 rings (SSSR count). The number of carbonyl (C=O) groups excluding carboxylic acids is 2. The molecule has 0 aromatic heterocycles. The van der Waals surface area contributed by atoms with Gasteiger partial charge in [0.05, 0.1) is 11.9 Å². The van der Waals surface area contributed by atoms with Crippen LogP contribution in [0.5, 0.6) is 0 Å². The van der Waals surface area contributed by atoms with Gasteiger partial charge in [-0.3, -0.25) is 13.9 Å². The summed E-state index contributed by atoms with van der Waals surface area (Å²) in [4.78, 5) is 26.8. The zero-order valence-corrected chi connectivity index (χ0v) is 18.3. The summed E-state index contributed by atoms with van der Waals surface area (Å²) in [5.41, 5.74) is 0.280. The smallest absolute Gasteiger partial charge is 0.244 e. The second kappa shape index (κ2) is 10.3. The average molecular weight is 454 g/mol. The molecule has 0 saturated heterocycles. The van der Waals surface area contributed by atoms with Gasteiger partial charge in [-0.15, -0.1) is 0 Å². The summed E-state index contributed by atoms with van der Waals surface area (Å²) in [7, 11) is -2.59. The minimum atomic E-state index is -4.01. The fourth-order valence-corrected chi connectivity index (χ4v) is 3.97. The van der Waals surface area contributed by atoms with E-state index in [0.717, 1.165) is 12.3 Å². The van der Waals surface area contributed by atoms with Crippen molar-refractivity contribution in [1.82, 2.24) is 10.2 Å². The Morgan fingerprint density at radius 3 is 2.19 bits per heavy atom. The lowest BCUT2D eigenvalue weighted by Gasteiger charge is -2.32. The number of halogens is 2. The maximum Gasteiger partial charge on any atom is 0.244 e. The van der Waals surface area contributed by atoms with E-state index < -0.39 is 46.1 Å². The van der Waals surface area contributed by atoms with Crippen LogP contribution in [0.3, 0.4) is 0 Å². The van der Waals surface area contributed by atoms with Crippen LogP contribution in [0.25, 0.3) is 0 Å². The monoisotopic (exact) mass is 453 g/mol. The van der Waals surface area contributed by atoms with Crippen LogP contribution in [-0.4, -0.2) is 51.0 Å². The number of likely N-dealkylation sites (N-methyl/N-ethyl adjacent to an activating group) is 1. The van der Waals surface area contributed by atoms with Gasteiger partial charge < -0.3 is 10.2 Å². The summed E-state index contributed by atoms with van der Waals surface area (Å²) in [6.07, 6.45) is 1.12. The fourth-order valence-electron chi connectivity index (χ4n) is 3.12. The van der Waals surface area contributed by atoms with Crippen molar-refractivity contribution in [3.8, 4) is 0 Å². The zero-order valence-electron chi connectivity index (χ0n) is 17.5. The number of rotatable bonds is 9. The number of carbonyl (C=O) groups is 2. The Morgan fingerprint density at radius 1 is 1.06 bits per heavy atom. The molecule has 0 spiro atoms. The molecule has 2 amide bonds. The molecule has 1 atom stereocenters. The van der Waals surface area contributed by atoms with Crippen LogP contribution in [-0.2, 0) is 26.2 Å². The predicted molar refractivity (Wildman–Crippen MR) is 114 cm³/mol. The molecule has 2 aromatic rings. The first-order valence-electron chi connectivity index (χ1n) is 9.56. The highest BCUT2D eigenvalue weighted by Crippen LogP contribution is 2.22. The van der Waals surface area contributed by atoms with Crippen molar-refractivity contribution in [3.05, 3.63) is 65.7 Å². The van der Waals surface area contributed by atoms with E-state index in [1.54, 1.807) is 6.92 Å². The molecular weight excluding hydrogens is 428 g/mol. The molecule has 0 fully saturated rings. The Bertz CT molecular complexity index is 1030. The summed E-state index contributed by atoms with van der Waals surface area (Å²) < 4.78 is 52.9. The molecule has 7 nitrogen and oxygen atoms in total. The third-order valence-electron chi connectivity index (χ3n) is 4.70. The number of para-hydroxylation sites is 1. The maximum atomic E-state index is 14.3. The number of nitrogens with one attached hydrogen (secondary N) is 1. The SMILES string of the molecule is CCC(C(=O)NC)N(Cc1ccc(F)cc1)C(=O)CN(c1ccccc1F)S(C)(=O)=O. The molecule has 0 bridgehead atoms. The molecule has 31 heavy (non-hydrogen) atoms. The number of benzene rings is 2. The summed E-state index contributed by atoms with van der Waals surface area (Å²) in [6.45, 7) is 0.949. The van der Waals surface area contributed by atoms with Gasteiger partial charge in [-0.1, -0.05) is 31.2 Å². The first kappa shape index (κ1) is 24.3. The van der Waals surface area contributed by atoms with Gasteiger partial charge in [-0.25, -0.2) is 17.2 Å². The van der Waals surface area contributed by atoms with Crippen LogP contribution in [0, 0.1) is 11.6 Å². The minimum absolute atomic E-state index is 0.0556. The Morgan fingerprint density at radius 2 is 1.68 bits per heavy atom. The quantitative estimate of drug-likeness (QED) is 0.631. The number of sulfonamides is 1. The average Bonchev–Trinajstić information content (AvgIpc) is 2.72. The van der Waals surface area contributed by atoms with Gasteiger partial charge >= 0.3 is 0 Å². The molecule has 10 heteroatoms. The molecule has 0 radical (unpaired) electrons. The molecule has 1 N–H and O–H groups in total. The number of amides is 2. The van der Waals surface area contributed by atoms with E-state index in [0.29, 0.717) is 9.87 Å². The van der Waals surface area contributed by atoms with Gasteiger partial charge in [0.2, 0.25) is 21.8 Å². The van der Waals surface area contributed by atoms with Crippen molar-refractivity contribution in [2.75, 3.05) is 24.2 Å².